The van der Waals surface area contributed by atoms with Crippen LogP contribution in [0.15, 0.2) is 30.3 Å². The number of aliphatic carboxylic acids is 2. The normalized spacial score (nSPS) is 12.7. The highest BCUT2D eigenvalue weighted by molar-refractivity contribution is 5.89. The average molecular weight is 285 g/mol. The number of para-hydroxylation sites is 1. The second-order valence-electron chi connectivity index (χ2n) is 3.87. The third-order valence-corrected chi connectivity index (χ3v) is 2.25. The molecule has 0 saturated heterocycles. The monoisotopic (exact) mass is 285 g/mol. The number of aliphatic hydroxyl groups is 1. The maximum Gasteiger partial charge on any atom is 0.336 e. The first-order valence-electron chi connectivity index (χ1n) is 5.27. The zero-order valence-corrected chi connectivity index (χ0v) is 10.5. The quantitative estimate of drug-likeness (QED) is 0.433. The molecule has 0 amide bonds. The van der Waals surface area contributed by atoms with Crippen molar-refractivity contribution in [2.75, 3.05) is 0 Å². The fourth-order valence-electron chi connectivity index (χ4n) is 1.36. The summed E-state index contributed by atoms with van der Waals surface area (Å²) in [6, 6.07) is 7.83. The van der Waals surface area contributed by atoms with Crippen LogP contribution in [0.25, 0.3) is 0 Å². The predicted octanol–water partition coefficient (Wildman–Crippen LogP) is 0.434. The Morgan fingerprint density at radius 3 is 2.05 bits per heavy atom. The van der Waals surface area contributed by atoms with Crippen molar-refractivity contribution in [2.24, 2.45) is 0 Å². The lowest BCUT2D eigenvalue weighted by molar-refractivity contribution is -0.169. The molecule has 0 aliphatic carbocycles. The second kappa shape index (κ2) is 7.22. The molecule has 1 aromatic rings. The molecule has 1 atom stereocenters. The van der Waals surface area contributed by atoms with Crippen molar-refractivity contribution in [3.63, 3.8) is 0 Å². The highest BCUT2D eigenvalue weighted by Gasteiger charge is 2.41. The SMILES string of the molecule is N.O=C(O)CC(O)(CC(=O)Oc1ccccc1)C(=O)O. The molecule has 0 aliphatic rings. The van der Waals surface area contributed by atoms with E-state index in [1.165, 1.54) is 12.1 Å². The zero-order chi connectivity index (χ0) is 14.5. The Morgan fingerprint density at radius 1 is 1.05 bits per heavy atom. The molecule has 8 nitrogen and oxygen atoms in total. The van der Waals surface area contributed by atoms with E-state index in [1.54, 1.807) is 18.2 Å². The van der Waals surface area contributed by atoms with Crippen molar-refractivity contribution in [1.82, 2.24) is 6.15 Å². The molecular formula is C12H15NO7. The van der Waals surface area contributed by atoms with E-state index in [4.69, 9.17) is 14.9 Å². The molecule has 1 unspecified atom stereocenters. The van der Waals surface area contributed by atoms with Crippen LogP contribution in [0.2, 0.25) is 0 Å². The van der Waals surface area contributed by atoms with Gasteiger partial charge in [-0.25, -0.2) is 4.79 Å². The average Bonchev–Trinajstić information content (AvgIpc) is 2.28. The summed E-state index contributed by atoms with van der Waals surface area (Å²) in [5, 5.41) is 26.9. The molecule has 0 saturated carbocycles. The fraction of sp³-hybridized carbons (Fsp3) is 0.250. The lowest BCUT2D eigenvalue weighted by atomic mass is 9.96. The van der Waals surface area contributed by atoms with Gasteiger partial charge in [-0.15, -0.1) is 0 Å². The number of carboxylic acids is 2. The smallest absolute Gasteiger partial charge is 0.336 e. The highest BCUT2D eigenvalue weighted by Crippen LogP contribution is 2.18. The molecule has 0 heterocycles. The summed E-state index contributed by atoms with van der Waals surface area (Å²) in [7, 11) is 0. The molecule has 1 rings (SSSR count). The number of hydrogen-bond donors (Lipinski definition) is 4. The Bertz CT molecular complexity index is 488. The van der Waals surface area contributed by atoms with E-state index in [2.05, 4.69) is 0 Å². The van der Waals surface area contributed by atoms with Crippen LogP contribution >= 0.6 is 0 Å². The van der Waals surface area contributed by atoms with Crippen molar-refractivity contribution < 1.29 is 34.4 Å². The molecule has 0 aromatic heterocycles. The molecule has 8 heteroatoms. The summed E-state index contributed by atoms with van der Waals surface area (Å²) >= 11 is 0. The lowest BCUT2D eigenvalue weighted by Crippen LogP contribution is -2.43. The summed E-state index contributed by atoms with van der Waals surface area (Å²) in [6.07, 6.45) is -2.05. The minimum absolute atomic E-state index is 0. The van der Waals surface area contributed by atoms with Crippen LogP contribution in [0.1, 0.15) is 12.8 Å². The van der Waals surface area contributed by atoms with E-state index in [0.29, 0.717) is 0 Å². The van der Waals surface area contributed by atoms with Gasteiger partial charge >= 0.3 is 17.9 Å². The molecule has 0 radical (unpaired) electrons. The van der Waals surface area contributed by atoms with Crippen LogP contribution in [0.3, 0.4) is 0 Å². The lowest BCUT2D eigenvalue weighted by Gasteiger charge is -2.20. The Morgan fingerprint density at radius 2 is 1.60 bits per heavy atom. The minimum atomic E-state index is -2.68. The molecule has 0 aliphatic heterocycles. The van der Waals surface area contributed by atoms with E-state index in [-0.39, 0.29) is 11.9 Å². The first-order chi connectivity index (χ1) is 8.83. The van der Waals surface area contributed by atoms with Gasteiger partial charge in [0.05, 0.1) is 12.8 Å². The van der Waals surface area contributed by atoms with Gasteiger partial charge in [-0.1, -0.05) is 18.2 Å². The largest absolute Gasteiger partial charge is 0.481 e. The molecule has 0 bridgehead atoms. The maximum absolute atomic E-state index is 11.5. The first-order valence-corrected chi connectivity index (χ1v) is 5.27. The Labute approximate surface area is 114 Å². The van der Waals surface area contributed by atoms with Crippen molar-refractivity contribution in [3.8, 4) is 5.75 Å². The number of esters is 1. The summed E-state index contributed by atoms with van der Waals surface area (Å²) < 4.78 is 4.79. The van der Waals surface area contributed by atoms with Crippen molar-refractivity contribution in [3.05, 3.63) is 30.3 Å². The van der Waals surface area contributed by atoms with Gasteiger partial charge < -0.3 is 26.2 Å². The van der Waals surface area contributed by atoms with E-state index in [9.17, 15) is 19.5 Å². The predicted molar refractivity (Wildman–Crippen MR) is 66.6 cm³/mol. The Hall–Kier alpha value is -2.45. The number of ether oxygens (including phenoxy) is 1. The van der Waals surface area contributed by atoms with Crippen LogP contribution in [-0.2, 0) is 14.4 Å². The number of carbonyl (C=O) groups excluding carboxylic acids is 1. The topological polar surface area (TPSA) is 156 Å². The van der Waals surface area contributed by atoms with E-state index in [1.807, 2.05) is 0 Å². The van der Waals surface area contributed by atoms with Crippen molar-refractivity contribution in [1.29, 1.82) is 0 Å². The van der Waals surface area contributed by atoms with Gasteiger partial charge in [0.1, 0.15) is 5.75 Å². The van der Waals surface area contributed by atoms with Gasteiger partial charge in [-0.2, -0.15) is 0 Å². The Balaban J connectivity index is 0.00000361. The third-order valence-electron chi connectivity index (χ3n) is 2.25. The number of carboxylic acid groups (broad SMARTS) is 2. The number of rotatable bonds is 6. The van der Waals surface area contributed by atoms with E-state index < -0.39 is 36.4 Å². The summed E-state index contributed by atoms with van der Waals surface area (Å²) in [6.45, 7) is 0. The van der Waals surface area contributed by atoms with Gasteiger partial charge in [-0.05, 0) is 12.1 Å². The molecule has 20 heavy (non-hydrogen) atoms. The fourth-order valence-corrected chi connectivity index (χ4v) is 1.36. The van der Waals surface area contributed by atoms with Crippen LogP contribution in [-0.4, -0.2) is 38.8 Å². The number of hydrogen-bond acceptors (Lipinski definition) is 6. The minimum Gasteiger partial charge on any atom is -0.481 e. The van der Waals surface area contributed by atoms with Gasteiger partial charge in [0.15, 0.2) is 5.60 Å². The van der Waals surface area contributed by atoms with Gasteiger partial charge in [-0.3, -0.25) is 9.59 Å². The van der Waals surface area contributed by atoms with Crippen LogP contribution in [0.5, 0.6) is 5.75 Å². The summed E-state index contributed by atoms with van der Waals surface area (Å²) in [4.78, 5) is 32.8. The number of benzene rings is 1. The first kappa shape index (κ1) is 17.6. The summed E-state index contributed by atoms with van der Waals surface area (Å²) in [5.74, 6) is -4.18. The molecule has 0 spiro atoms. The van der Waals surface area contributed by atoms with Crippen molar-refractivity contribution >= 4 is 17.9 Å². The second-order valence-corrected chi connectivity index (χ2v) is 3.87. The van der Waals surface area contributed by atoms with Crippen LogP contribution in [0, 0.1) is 0 Å². The zero-order valence-electron chi connectivity index (χ0n) is 10.5. The molecular weight excluding hydrogens is 270 g/mol. The molecule has 6 N–H and O–H groups in total. The van der Waals surface area contributed by atoms with E-state index in [0.717, 1.165) is 0 Å². The van der Waals surface area contributed by atoms with Gasteiger partial charge in [0, 0.05) is 0 Å². The van der Waals surface area contributed by atoms with Crippen LogP contribution < -0.4 is 10.9 Å². The van der Waals surface area contributed by atoms with Crippen LogP contribution in [0.4, 0.5) is 0 Å². The van der Waals surface area contributed by atoms with Gasteiger partial charge in [0.25, 0.3) is 0 Å². The molecule has 110 valence electrons. The van der Waals surface area contributed by atoms with Crippen molar-refractivity contribution in [2.45, 2.75) is 18.4 Å². The van der Waals surface area contributed by atoms with E-state index >= 15 is 0 Å². The third kappa shape index (κ3) is 5.04. The Kier molecular flexibility index (Phi) is 6.33. The molecule has 1 aromatic carbocycles. The number of carbonyl (C=O) groups is 3. The summed E-state index contributed by atoms with van der Waals surface area (Å²) in [5.41, 5.74) is -2.68. The maximum atomic E-state index is 11.5. The highest BCUT2D eigenvalue weighted by atomic mass is 16.5. The molecule has 0 fully saturated rings. The van der Waals surface area contributed by atoms with Gasteiger partial charge in [0.2, 0.25) is 0 Å². The standard InChI is InChI=1S/C12H12O7.H3N/c13-9(14)6-12(18,11(16)17)7-10(15)19-8-4-2-1-3-5-8;/h1-5,18H,6-7H2,(H,13,14)(H,16,17);1H3.